The van der Waals surface area contributed by atoms with E-state index in [1.165, 1.54) is 16.6 Å². The second-order valence-corrected chi connectivity index (χ2v) is 7.48. The van der Waals surface area contributed by atoms with Crippen molar-refractivity contribution in [1.29, 1.82) is 0 Å². The van der Waals surface area contributed by atoms with Gasteiger partial charge in [-0.2, -0.15) is 0 Å². The third-order valence-electron chi connectivity index (χ3n) is 4.33. The van der Waals surface area contributed by atoms with Gasteiger partial charge in [0.15, 0.2) is 11.6 Å². The van der Waals surface area contributed by atoms with Crippen LogP contribution in [-0.4, -0.2) is 35.6 Å². The third-order valence-corrected chi connectivity index (χ3v) is 5.26. The van der Waals surface area contributed by atoms with Crippen molar-refractivity contribution in [2.45, 2.75) is 39.2 Å². The molecule has 0 unspecified atom stereocenters. The summed E-state index contributed by atoms with van der Waals surface area (Å²) < 4.78 is 19.4. The lowest BCUT2D eigenvalue weighted by atomic mass is 10.1. The number of halogens is 1. The maximum Gasteiger partial charge on any atom is 0.165 e. The smallest absolute Gasteiger partial charge is 0.165 e. The van der Waals surface area contributed by atoms with Crippen molar-refractivity contribution in [3.8, 4) is 5.75 Å². The number of thiazole rings is 1. The van der Waals surface area contributed by atoms with Gasteiger partial charge in [-0.15, -0.1) is 11.3 Å². The number of rotatable bonds is 5. The van der Waals surface area contributed by atoms with E-state index in [9.17, 15) is 4.39 Å². The fourth-order valence-corrected chi connectivity index (χ4v) is 3.90. The predicted molar refractivity (Wildman–Crippen MR) is 91.8 cm³/mol. The lowest BCUT2D eigenvalue weighted by molar-refractivity contribution is 0.0977. The number of benzene rings is 1. The first kappa shape index (κ1) is 16.4. The minimum atomic E-state index is -0.274. The Balaban J connectivity index is 1.45. The zero-order valence-corrected chi connectivity index (χ0v) is 14.5. The Labute approximate surface area is 141 Å². The van der Waals surface area contributed by atoms with Crippen molar-refractivity contribution in [2.24, 2.45) is 0 Å². The monoisotopic (exact) mass is 334 g/mol. The maximum absolute atomic E-state index is 13.6. The second kappa shape index (κ2) is 7.41. The lowest BCUT2D eigenvalue weighted by Gasteiger charge is -2.32. The number of piperidine rings is 1. The molecule has 0 aliphatic carbocycles. The van der Waals surface area contributed by atoms with Crippen LogP contribution >= 0.6 is 11.3 Å². The van der Waals surface area contributed by atoms with Crippen LogP contribution in [0.15, 0.2) is 24.3 Å². The summed E-state index contributed by atoms with van der Waals surface area (Å²) >= 11 is 1.77. The molecule has 0 N–H and O–H groups in total. The van der Waals surface area contributed by atoms with E-state index < -0.39 is 0 Å². The van der Waals surface area contributed by atoms with Gasteiger partial charge in [0.05, 0.1) is 10.7 Å². The van der Waals surface area contributed by atoms with Crippen molar-refractivity contribution >= 4 is 11.3 Å². The molecule has 2 aromatic rings. The van der Waals surface area contributed by atoms with E-state index in [1.807, 2.05) is 6.07 Å². The molecule has 1 aromatic carbocycles. The molecule has 0 atom stereocenters. The number of aromatic nitrogens is 1. The van der Waals surface area contributed by atoms with Gasteiger partial charge in [-0.3, -0.25) is 0 Å². The van der Waals surface area contributed by atoms with Crippen LogP contribution in [0, 0.1) is 19.7 Å². The Morgan fingerprint density at radius 3 is 2.65 bits per heavy atom. The number of hydrogen-bond donors (Lipinski definition) is 0. The Bertz CT molecular complexity index is 650. The molecule has 3 nitrogen and oxygen atoms in total. The summed E-state index contributed by atoms with van der Waals surface area (Å²) in [6.07, 6.45) is 3.02. The highest BCUT2D eigenvalue weighted by Crippen LogP contribution is 2.22. The summed E-state index contributed by atoms with van der Waals surface area (Å²) in [5.41, 5.74) is 1.23. The molecule has 0 spiro atoms. The molecular weight excluding hydrogens is 311 g/mol. The van der Waals surface area contributed by atoms with Crippen LogP contribution in [0.2, 0.25) is 0 Å². The molecule has 23 heavy (non-hydrogen) atoms. The molecule has 3 rings (SSSR count). The van der Waals surface area contributed by atoms with Crippen LogP contribution in [0.1, 0.15) is 28.4 Å². The normalized spacial score (nSPS) is 16.7. The van der Waals surface area contributed by atoms with Crippen LogP contribution in [0.5, 0.6) is 5.75 Å². The van der Waals surface area contributed by atoms with Crippen LogP contribution < -0.4 is 4.74 Å². The fraction of sp³-hybridized carbons (Fsp3) is 0.500. The number of hydrogen-bond acceptors (Lipinski definition) is 4. The van der Waals surface area contributed by atoms with Crippen LogP contribution in [0.3, 0.4) is 0 Å². The number of para-hydroxylation sites is 1. The Kier molecular flexibility index (Phi) is 5.28. The molecule has 0 bridgehead atoms. The first-order valence-electron chi connectivity index (χ1n) is 8.18. The molecule has 5 heteroatoms. The Morgan fingerprint density at radius 1 is 1.26 bits per heavy atom. The van der Waals surface area contributed by atoms with Gasteiger partial charge in [0.2, 0.25) is 0 Å². The molecule has 1 fully saturated rings. The number of aryl methyl sites for hydroxylation is 2. The van der Waals surface area contributed by atoms with Crippen LogP contribution in [0.25, 0.3) is 0 Å². The average molecular weight is 334 g/mol. The molecule has 1 saturated heterocycles. The highest BCUT2D eigenvalue weighted by atomic mass is 32.1. The van der Waals surface area contributed by atoms with E-state index in [-0.39, 0.29) is 11.9 Å². The highest BCUT2D eigenvalue weighted by Gasteiger charge is 2.21. The highest BCUT2D eigenvalue weighted by molar-refractivity contribution is 7.11. The summed E-state index contributed by atoms with van der Waals surface area (Å²) in [6.45, 7) is 7.25. The fourth-order valence-electron chi connectivity index (χ4n) is 3.04. The predicted octanol–water partition coefficient (Wildman–Crippen LogP) is 3.98. The summed E-state index contributed by atoms with van der Waals surface area (Å²) in [5.74, 6) is 0.101. The quantitative estimate of drug-likeness (QED) is 0.827. The van der Waals surface area contributed by atoms with Gasteiger partial charge >= 0.3 is 0 Å². The van der Waals surface area contributed by atoms with Crippen molar-refractivity contribution < 1.29 is 9.13 Å². The van der Waals surface area contributed by atoms with Gasteiger partial charge in [0.1, 0.15) is 6.10 Å². The first-order chi connectivity index (χ1) is 11.1. The van der Waals surface area contributed by atoms with Gasteiger partial charge in [-0.25, -0.2) is 9.37 Å². The molecule has 1 aliphatic rings. The topological polar surface area (TPSA) is 25.4 Å². The standard InChI is InChI=1S/C18H23FN2OS/c1-13-17(20-14(2)23-13)9-12-21-10-7-15(8-11-21)22-18-6-4-3-5-16(18)19/h3-6,15H,7-12H2,1-2H3. The van der Waals surface area contributed by atoms with E-state index >= 15 is 0 Å². The van der Waals surface area contributed by atoms with Crippen molar-refractivity contribution in [3.63, 3.8) is 0 Å². The molecule has 2 heterocycles. The van der Waals surface area contributed by atoms with E-state index in [0.29, 0.717) is 5.75 Å². The van der Waals surface area contributed by atoms with E-state index in [2.05, 4.69) is 23.7 Å². The molecule has 0 amide bonds. The van der Waals surface area contributed by atoms with Crippen molar-refractivity contribution in [2.75, 3.05) is 19.6 Å². The van der Waals surface area contributed by atoms with Gasteiger partial charge in [0, 0.05) is 30.9 Å². The number of ether oxygens (including phenoxy) is 1. The molecular formula is C18H23FN2OS. The van der Waals surface area contributed by atoms with Gasteiger partial charge < -0.3 is 9.64 Å². The Morgan fingerprint density at radius 2 is 2.00 bits per heavy atom. The van der Waals surface area contributed by atoms with Gasteiger partial charge in [0.25, 0.3) is 0 Å². The summed E-state index contributed by atoms with van der Waals surface area (Å²) in [4.78, 5) is 8.39. The van der Waals surface area contributed by atoms with Gasteiger partial charge in [-0.1, -0.05) is 12.1 Å². The minimum Gasteiger partial charge on any atom is -0.487 e. The van der Waals surface area contributed by atoms with Crippen molar-refractivity contribution in [1.82, 2.24) is 9.88 Å². The number of likely N-dealkylation sites (tertiary alicyclic amines) is 1. The first-order valence-corrected chi connectivity index (χ1v) is 9.00. The zero-order valence-electron chi connectivity index (χ0n) is 13.7. The summed E-state index contributed by atoms with van der Waals surface area (Å²) in [5, 5.41) is 1.15. The van der Waals surface area contributed by atoms with Crippen LogP contribution in [0.4, 0.5) is 4.39 Å². The molecule has 0 saturated carbocycles. The van der Waals surface area contributed by atoms with Gasteiger partial charge in [-0.05, 0) is 38.8 Å². The summed E-state index contributed by atoms with van der Waals surface area (Å²) in [7, 11) is 0. The van der Waals surface area contributed by atoms with Crippen molar-refractivity contribution in [3.05, 3.63) is 45.7 Å². The van der Waals surface area contributed by atoms with E-state index in [4.69, 9.17) is 4.74 Å². The average Bonchev–Trinajstić information content (AvgIpc) is 2.87. The minimum absolute atomic E-state index is 0.117. The Hall–Kier alpha value is -1.46. The summed E-state index contributed by atoms with van der Waals surface area (Å²) in [6, 6.07) is 6.65. The molecule has 1 aliphatic heterocycles. The maximum atomic E-state index is 13.6. The lowest BCUT2D eigenvalue weighted by Crippen LogP contribution is -2.39. The SMILES string of the molecule is Cc1nc(CCN2CCC(Oc3ccccc3F)CC2)c(C)s1. The second-order valence-electron chi connectivity index (χ2n) is 6.08. The molecule has 0 radical (unpaired) electrons. The molecule has 1 aromatic heterocycles. The zero-order chi connectivity index (χ0) is 16.2. The molecule has 124 valence electrons. The third kappa shape index (κ3) is 4.30. The van der Waals surface area contributed by atoms with E-state index in [0.717, 1.165) is 43.9 Å². The number of nitrogens with zero attached hydrogens (tertiary/aromatic N) is 2. The van der Waals surface area contributed by atoms with E-state index in [1.54, 1.807) is 23.5 Å². The largest absolute Gasteiger partial charge is 0.487 e. The van der Waals surface area contributed by atoms with Crippen LogP contribution in [-0.2, 0) is 6.42 Å².